The van der Waals surface area contributed by atoms with E-state index in [1.807, 2.05) is 20.8 Å². The summed E-state index contributed by atoms with van der Waals surface area (Å²) >= 11 is 0. The quantitative estimate of drug-likeness (QED) is 0.852. The summed E-state index contributed by atoms with van der Waals surface area (Å²) in [6, 6.07) is 6.71. The van der Waals surface area contributed by atoms with Crippen molar-refractivity contribution in [2.75, 3.05) is 20.2 Å². The number of nitrogens with zero attached hydrogens (tertiary/aromatic N) is 1. The van der Waals surface area contributed by atoms with Crippen LogP contribution in [0.3, 0.4) is 0 Å². The van der Waals surface area contributed by atoms with Crippen molar-refractivity contribution in [2.24, 2.45) is 0 Å². The maximum Gasteiger partial charge on any atom is 0.243 e. The molecule has 0 saturated carbocycles. The van der Waals surface area contributed by atoms with E-state index >= 15 is 0 Å². The highest BCUT2D eigenvalue weighted by Gasteiger charge is 2.35. The molecule has 2 atom stereocenters. The number of β-amino-alcohol motifs (C(OH)–C–C–N with tert-alkyl or cyclic N) is 1. The number of sulfonamides is 1. The largest absolute Gasteiger partial charge is 0.387 e. The fourth-order valence-corrected chi connectivity index (χ4v) is 3.78. The molecule has 1 fully saturated rings. The van der Waals surface area contributed by atoms with Crippen LogP contribution in [-0.2, 0) is 14.8 Å². The molecule has 2 rings (SSSR count). The average Bonchev–Trinajstić information content (AvgIpc) is 2.88. The van der Waals surface area contributed by atoms with Gasteiger partial charge in [0.15, 0.2) is 0 Å². The molecule has 1 heterocycles. The molecule has 1 N–H and O–H groups in total. The van der Waals surface area contributed by atoms with Crippen LogP contribution in [0.5, 0.6) is 0 Å². The van der Waals surface area contributed by atoms with Crippen LogP contribution in [0.2, 0.25) is 0 Å². The lowest BCUT2D eigenvalue weighted by atomic mass is 10.1. The van der Waals surface area contributed by atoms with Gasteiger partial charge in [0.1, 0.15) is 0 Å². The summed E-state index contributed by atoms with van der Waals surface area (Å²) in [5.74, 6) is 0. The Labute approximate surface area is 137 Å². The van der Waals surface area contributed by atoms with Crippen LogP contribution in [-0.4, -0.2) is 50.2 Å². The van der Waals surface area contributed by atoms with Crippen LogP contribution in [0.25, 0.3) is 0 Å². The number of aliphatic hydroxyl groups is 1. The van der Waals surface area contributed by atoms with E-state index in [0.717, 1.165) is 11.1 Å². The third kappa shape index (κ3) is 3.91. The molecule has 0 amide bonds. The van der Waals surface area contributed by atoms with Crippen molar-refractivity contribution in [3.8, 4) is 0 Å². The van der Waals surface area contributed by atoms with Gasteiger partial charge in [0.2, 0.25) is 10.0 Å². The van der Waals surface area contributed by atoms with E-state index in [-0.39, 0.29) is 24.1 Å². The monoisotopic (exact) mass is 337 g/mol. The Morgan fingerprint density at radius 3 is 2.57 bits per heavy atom. The van der Waals surface area contributed by atoms with Gasteiger partial charge in [0, 0.05) is 25.8 Å². The van der Waals surface area contributed by atoms with Crippen LogP contribution in [0.4, 0.5) is 0 Å². The van der Waals surface area contributed by atoms with Gasteiger partial charge >= 0.3 is 0 Å². The number of rotatable bonds is 4. The zero-order valence-electron chi connectivity index (χ0n) is 13.9. The first-order valence-corrected chi connectivity index (χ1v) is 8.93. The first-order chi connectivity index (χ1) is 10.8. The molecule has 5 nitrogen and oxygen atoms in total. The van der Waals surface area contributed by atoms with Gasteiger partial charge in [0.05, 0.1) is 17.1 Å². The number of aryl methyl sites for hydroxylation is 1. The van der Waals surface area contributed by atoms with Crippen molar-refractivity contribution in [1.29, 1.82) is 0 Å². The predicted molar refractivity (Wildman–Crippen MR) is 88.6 cm³/mol. The van der Waals surface area contributed by atoms with Crippen LogP contribution in [0, 0.1) is 6.92 Å². The summed E-state index contributed by atoms with van der Waals surface area (Å²) in [5.41, 5.74) is 5.49. The third-order valence-corrected chi connectivity index (χ3v) is 5.93. The van der Waals surface area contributed by atoms with Crippen molar-refractivity contribution < 1.29 is 18.3 Å². The molecule has 1 aromatic rings. The Bertz CT molecular complexity index is 730. The molecular weight excluding hydrogens is 314 g/mol. The molecule has 1 aromatic carbocycles. The van der Waals surface area contributed by atoms with Gasteiger partial charge in [-0.15, -0.1) is 5.73 Å². The van der Waals surface area contributed by atoms with Crippen molar-refractivity contribution in [3.05, 3.63) is 46.7 Å². The van der Waals surface area contributed by atoms with Crippen molar-refractivity contribution in [2.45, 2.75) is 37.9 Å². The molecule has 1 saturated heterocycles. The van der Waals surface area contributed by atoms with Crippen LogP contribution < -0.4 is 0 Å². The van der Waals surface area contributed by atoms with E-state index in [0.29, 0.717) is 5.57 Å². The molecule has 6 heteroatoms. The summed E-state index contributed by atoms with van der Waals surface area (Å²) in [6.45, 7) is 5.83. The van der Waals surface area contributed by atoms with E-state index in [9.17, 15) is 13.5 Å². The molecule has 126 valence electrons. The smallest absolute Gasteiger partial charge is 0.243 e. The van der Waals surface area contributed by atoms with Crippen molar-refractivity contribution >= 4 is 10.0 Å². The van der Waals surface area contributed by atoms with E-state index < -0.39 is 16.1 Å². The highest BCUT2D eigenvalue weighted by Crippen LogP contribution is 2.24. The zero-order valence-corrected chi connectivity index (χ0v) is 14.7. The van der Waals surface area contributed by atoms with Gasteiger partial charge in [-0.05, 0) is 38.5 Å². The minimum Gasteiger partial charge on any atom is -0.387 e. The Kier molecular flexibility index (Phi) is 5.45. The van der Waals surface area contributed by atoms with E-state index in [1.54, 1.807) is 31.4 Å². The molecule has 0 aliphatic carbocycles. The maximum absolute atomic E-state index is 12.7. The fourth-order valence-electron chi connectivity index (χ4n) is 2.36. The summed E-state index contributed by atoms with van der Waals surface area (Å²) in [4.78, 5) is 0.238. The molecule has 1 aliphatic heterocycles. The van der Waals surface area contributed by atoms with Gasteiger partial charge < -0.3 is 9.84 Å². The molecule has 0 bridgehead atoms. The van der Waals surface area contributed by atoms with Gasteiger partial charge in [-0.2, -0.15) is 4.31 Å². The molecular formula is C17H23NO4S. The lowest BCUT2D eigenvalue weighted by Crippen LogP contribution is -2.29. The zero-order chi connectivity index (χ0) is 17.2. The molecule has 0 spiro atoms. The molecule has 1 unspecified atom stereocenters. The van der Waals surface area contributed by atoms with E-state index in [1.165, 1.54) is 4.31 Å². The maximum atomic E-state index is 12.7. The lowest BCUT2D eigenvalue weighted by molar-refractivity contribution is 0.147. The van der Waals surface area contributed by atoms with Gasteiger partial charge in [-0.25, -0.2) is 8.42 Å². The first kappa shape index (κ1) is 17.9. The van der Waals surface area contributed by atoms with Crippen molar-refractivity contribution in [1.82, 2.24) is 4.31 Å². The lowest BCUT2D eigenvalue weighted by Gasteiger charge is -2.15. The number of aliphatic hydroxyl groups excluding tert-OH is 1. The van der Waals surface area contributed by atoms with Crippen LogP contribution >= 0.6 is 0 Å². The molecule has 0 aromatic heterocycles. The van der Waals surface area contributed by atoms with E-state index in [2.05, 4.69) is 5.73 Å². The van der Waals surface area contributed by atoms with Crippen LogP contribution in [0.1, 0.15) is 19.4 Å². The molecule has 0 radical (unpaired) electrons. The predicted octanol–water partition coefficient (Wildman–Crippen LogP) is 1.87. The van der Waals surface area contributed by atoms with Crippen molar-refractivity contribution in [3.63, 3.8) is 0 Å². The Balaban J connectivity index is 2.30. The fraction of sp³-hybridized carbons (Fsp3) is 0.471. The average molecular weight is 337 g/mol. The minimum atomic E-state index is -3.61. The minimum absolute atomic E-state index is 0.0488. The Hall–Kier alpha value is -1.43. The third-order valence-electron chi connectivity index (χ3n) is 4.11. The summed E-state index contributed by atoms with van der Waals surface area (Å²) < 4.78 is 31.8. The summed E-state index contributed by atoms with van der Waals surface area (Å²) in [7, 11) is -2.01. The Morgan fingerprint density at radius 1 is 1.39 bits per heavy atom. The number of benzene rings is 1. The molecule has 23 heavy (non-hydrogen) atoms. The number of hydrogen-bond donors (Lipinski definition) is 1. The molecule has 1 aliphatic rings. The standard InChI is InChI=1S/C17H23NO4S/c1-12-5-7-16(8-6-12)23(20,21)18-10-15(17(19)11-18)9-13(2)14(3)22-4/h5-8,14,17,19H,10-11H2,1-4H3/t9?,14?,17-/m0/s1. The topological polar surface area (TPSA) is 66.8 Å². The number of methoxy groups -OCH3 is 1. The second-order valence-electron chi connectivity index (χ2n) is 5.84. The normalized spacial score (nSPS) is 20.4. The van der Waals surface area contributed by atoms with Gasteiger partial charge in [-0.3, -0.25) is 0 Å². The number of hydrogen-bond acceptors (Lipinski definition) is 4. The summed E-state index contributed by atoms with van der Waals surface area (Å²) in [6.07, 6.45) is -0.966. The van der Waals surface area contributed by atoms with Gasteiger partial charge in [0.25, 0.3) is 0 Å². The SMILES string of the molecule is COC(C)C(C)=C=C1CN(S(=O)(=O)c2ccc(C)cc2)C[C@@H]1O. The second kappa shape index (κ2) is 6.99. The highest BCUT2D eigenvalue weighted by atomic mass is 32.2. The Morgan fingerprint density at radius 2 is 2.00 bits per heavy atom. The van der Waals surface area contributed by atoms with Gasteiger partial charge in [-0.1, -0.05) is 17.7 Å². The second-order valence-corrected chi connectivity index (χ2v) is 7.78. The first-order valence-electron chi connectivity index (χ1n) is 7.49. The summed E-state index contributed by atoms with van der Waals surface area (Å²) in [5, 5.41) is 10.2. The highest BCUT2D eigenvalue weighted by molar-refractivity contribution is 7.89. The number of ether oxygens (including phenoxy) is 1. The van der Waals surface area contributed by atoms with E-state index in [4.69, 9.17) is 4.74 Å². The van der Waals surface area contributed by atoms with Crippen LogP contribution in [0.15, 0.2) is 46.0 Å².